The molecule has 0 bridgehead atoms. The summed E-state index contributed by atoms with van der Waals surface area (Å²) in [7, 11) is 0. The van der Waals surface area contributed by atoms with E-state index >= 15 is 0 Å². The van der Waals surface area contributed by atoms with E-state index in [1.807, 2.05) is 0 Å². The van der Waals surface area contributed by atoms with E-state index in [9.17, 15) is 9.18 Å². The molecule has 3 nitrogen and oxygen atoms in total. The third-order valence-electron chi connectivity index (χ3n) is 2.35. The molecular formula is C13H10BrFN2O. The molecule has 1 aromatic carbocycles. The maximum absolute atomic E-state index is 13.5. The Morgan fingerprint density at radius 3 is 2.78 bits per heavy atom. The highest BCUT2D eigenvalue weighted by atomic mass is 79.9. The van der Waals surface area contributed by atoms with Crippen LogP contribution in [0.1, 0.15) is 15.9 Å². The zero-order valence-electron chi connectivity index (χ0n) is 9.58. The minimum absolute atomic E-state index is 0.0259. The summed E-state index contributed by atoms with van der Waals surface area (Å²) in [6, 6.07) is 7.79. The highest BCUT2D eigenvalue weighted by molar-refractivity contribution is 9.10. The quantitative estimate of drug-likeness (QED) is 0.862. The van der Waals surface area contributed by atoms with Crippen LogP contribution in [0.2, 0.25) is 0 Å². The van der Waals surface area contributed by atoms with Gasteiger partial charge in [0.25, 0.3) is 5.91 Å². The summed E-state index contributed by atoms with van der Waals surface area (Å²) in [6.45, 7) is 1.80. The number of aryl methyl sites for hydroxylation is 1. The molecule has 0 aliphatic carbocycles. The first-order chi connectivity index (χ1) is 8.56. The number of anilines is 1. The van der Waals surface area contributed by atoms with Gasteiger partial charge in [0.1, 0.15) is 10.4 Å². The molecule has 0 spiro atoms. The Hall–Kier alpha value is -1.75. The summed E-state index contributed by atoms with van der Waals surface area (Å²) in [5.41, 5.74) is 1.37. The number of halogens is 2. The van der Waals surface area contributed by atoms with Gasteiger partial charge in [-0.3, -0.25) is 4.79 Å². The average molecular weight is 309 g/mol. The normalized spacial score (nSPS) is 10.2. The van der Waals surface area contributed by atoms with E-state index in [1.54, 1.807) is 25.1 Å². The van der Waals surface area contributed by atoms with Crippen molar-refractivity contribution in [2.45, 2.75) is 6.92 Å². The summed E-state index contributed by atoms with van der Waals surface area (Å²) in [4.78, 5) is 15.9. The van der Waals surface area contributed by atoms with Gasteiger partial charge in [-0.1, -0.05) is 11.6 Å². The first-order valence-corrected chi connectivity index (χ1v) is 6.04. The summed E-state index contributed by atoms with van der Waals surface area (Å²) < 4.78 is 14.2. The van der Waals surface area contributed by atoms with E-state index in [0.29, 0.717) is 10.3 Å². The van der Waals surface area contributed by atoms with Crippen molar-refractivity contribution in [1.29, 1.82) is 0 Å². The highest BCUT2D eigenvalue weighted by Crippen LogP contribution is 2.14. The molecule has 1 heterocycles. The largest absolute Gasteiger partial charge is 0.320 e. The number of amides is 1. The van der Waals surface area contributed by atoms with Crippen molar-refractivity contribution >= 4 is 27.5 Å². The van der Waals surface area contributed by atoms with Crippen molar-refractivity contribution in [3.8, 4) is 0 Å². The second kappa shape index (κ2) is 5.27. The molecule has 18 heavy (non-hydrogen) atoms. The Balaban J connectivity index is 2.21. The molecule has 5 heteroatoms. The van der Waals surface area contributed by atoms with Crippen LogP contribution in [0.4, 0.5) is 10.1 Å². The summed E-state index contributed by atoms with van der Waals surface area (Å²) in [6.07, 6.45) is 1.50. The van der Waals surface area contributed by atoms with Crippen molar-refractivity contribution in [3.63, 3.8) is 0 Å². The number of carbonyl (C=O) groups excluding carboxylic acids is 1. The third kappa shape index (κ3) is 2.92. The molecular weight excluding hydrogens is 299 g/mol. The number of aromatic nitrogens is 1. The number of nitrogens with zero attached hydrogens (tertiary/aromatic N) is 1. The fraction of sp³-hybridized carbons (Fsp3) is 0.0769. The average Bonchev–Trinajstić information content (AvgIpc) is 2.35. The van der Waals surface area contributed by atoms with Crippen molar-refractivity contribution in [3.05, 3.63) is 58.1 Å². The molecule has 2 rings (SSSR count). The number of benzene rings is 1. The van der Waals surface area contributed by atoms with Crippen LogP contribution in [0.25, 0.3) is 0 Å². The predicted octanol–water partition coefficient (Wildman–Crippen LogP) is 3.54. The fourth-order valence-electron chi connectivity index (χ4n) is 1.46. The number of carbonyl (C=O) groups is 1. The molecule has 0 atom stereocenters. The molecule has 0 fully saturated rings. The Labute approximate surface area is 112 Å². The summed E-state index contributed by atoms with van der Waals surface area (Å²) >= 11 is 3.19. The van der Waals surface area contributed by atoms with Gasteiger partial charge in [0.2, 0.25) is 0 Å². The lowest BCUT2D eigenvalue weighted by molar-refractivity contribution is 0.102. The van der Waals surface area contributed by atoms with Crippen LogP contribution < -0.4 is 5.32 Å². The van der Waals surface area contributed by atoms with Crippen molar-refractivity contribution in [2.75, 3.05) is 5.32 Å². The number of nitrogens with one attached hydrogen (secondary N) is 1. The molecule has 1 N–H and O–H groups in total. The predicted molar refractivity (Wildman–Crippen MR) is 71.0 cm³/mol. The highest BCUT2D eigenvalue weighted by Gasteiger charge is 2.12. The lowest BCUT2D eigenvalue weighted by Gasteiger charge is -2.06. The molecule has 0 aliphatic rings. The minimum Gasteiger partial charge on any atom is -0.320 e. The second-order valence-corrected chi connectivity index (χ2v) is 4.62. The van der Waals surface area contributed by atoms with Crippen molar-refractivity contribution in [2.24, 2.45) is 0 Å². The lowest BCUT2D eigenvalue weighted by Crippen LogP contribution is -2.14. The topological polar surface area (TPSA) is 42.0 Å². The molecule has 0 radical (unpaired) electrons. The van der Waals surface area contributed by atoms with Gasteiger partial charge in [-0.05, 0) is 47.1 Å². The van der Waals surface area contributed by atoms with Gasteiger partial charge >= 0.3 is 0 Å². The lowest BCUT2D eigenvalue weighted by atomic mass is 10.1. The maximum Gasteiger partial charge on any atom is 0.258 e. The van der Waals surface area contributed by atoms with Crippen molar-refractivity contribution < 1.29 is 9.18 Å². The first-order valence-electron chi connectivity index (χ1n) is 5.25. The Kier molecular flexibility index (Phi) is 3.72. The van der Waals surface area contributed by atoms with Crippen LogP contribution in [0.3, 0.4) is 0 Å². The number of rotatable bonds is 2. The third-order valence-corrected chi connectivity index (χ3v) is 2.82. The molecule has 1 amide bonds. The monoisotopic (exact) mass is 308 g/mol. The zero-order chi connectivity index (χ0) is 13.1. The number of hydrogen-bond acceptors (Lipinski definition) is 2. The second-order valence-electron chi connectivity index (χ2n) is 3.81. The fourth-order valence-corrected chi connectivity index (χ4v) is 1.70. The molecule has 0 saturated heterocycles. The van der Waals surface area contributed by atoms with E-state index in [4.69, 9.17) is 0 Å². The zero-order valence-corrected chi connectivity index (χ0v) is 11.2. The Morgan fingerprint density at radius 2 is 2.11 bits per heavy atom. The van der Waals surface area contributed by atoms with Crippen molar-refractivity contribution in [1.82, 2.24) is 4.98 Å². The first kappa shape index (κ1) is 12.7. The van der Waals surface area contributed by atoms with Gasteiger partial charge < -0.3 is 5.32 Å². The molecule has 1 aromatic heterocycles. The summed E-state index contributed by atoms with van der Waals surface area (Å²) in [5, 5.41) is 2.59. The van der Waals surface area contributed by atoms with E-state index in [-0.39, 0.29) is 5.56 Å². The SMILES string of the molecule is Cc1ccc(F)c(C(=O)Nc2ccc(Br)nc2)c1. The van der Waals surface area contributed by atoms with E-state index in [1.165, 1.54) is 18.3 Å². The van der Waals surface area contributed by atoms with Gasteiger partial charge in [0, 0.05) is 0 Å². The van der Waals surface area contributed by atoms with E-state index in [2.05, 4.69) is 26.2 Å². The number of pyridine rings is 1. The Bertz CT molecular complexity index is 584. The van der Waals surface area contributed by atoms with Gasteiger partial charge in [-0.15, -0.1) is 0 Å². The molecule has 92 valence electrons. The van der Waals surface area contributed by atoms with Gasteiger partial charge in [0.15, 0.2) is 0 Å². The molecule has 0 unspecified atom stereocenters. The van der Waals surface area contributed by atoms with Gasteiger partial charge in [-0.2, -0.15) is 0 Å². The van der Waals surface area contributed by atoms with E-state index < -0.39 is 11.7 Å². The van der Waals surface area contributed by atoms with Gasteiger partial charge in [0.05, 0.1) is 17.4 Å². The Morgan fingerprint density at radius 1 is 1.33 bits per heavy atom. The van der Waals surface area contributed by atoms with Crippen LogP contribution >= 0.6 is 15.9 Å². The van der Waals surface area contributed by atoms with Crippen LogP contribution in [-0.4, -0.2) is 10.9 Å². The van der Waals surface area contributed by atoms with Crippen LogP contribution in [0.5, 0.6) is 0 Å². The smallest absolute Gasteiger partial charge is 0.258 e. The number of hydrogen-bond donors (Lipinski definition) is 1. The summed E-state index contributed by atoms with van der Waals surface area (Å²) in [5.74, 6) is -1.02. The van der Waals surface area contributed by atoms with Crippen LogP contribution in [-0.2, 0) is 0 Å². The van der Waals surface area contributed by atoms with E-state index in [0.717, 1.165) is 5.56 Å². The van der Waals surface area contributed by atoms with Gasteiger partial charge in [-0.25, -0.2) is 9.37 Å². The van der Waals surface area contributed by atoms with Crippen LogP contribution in [0.15, 0.2) is 41.1 Å². The molecule has 0 saturated carbocycles. The standard InChI is InChI=1S/C13H10BrFN2O/c1-8-2-4-11(15)10(6-8)13(18)17-9-3-5-12(14)16-7-9/h2-7H,1H3,(H,17,18). The maximum atomic E-state index is 13.5. The molecule has 0 aliphatic heterocycles. The minimum atomic E-state index is -0.539. The molecule has 2 aromatic rings. The van der Waals surface area contributed by atoms with Crippen LogP contribution in [0, 0.1) is 12.7 Å².